The summed E-state index contributed by atoms with van der Waals surface area (Å²) < 4.78 is 0. The number of benzene rings is 1. The lowest BCUT2D eigenvalue weighted by atomic mass is 9.86. The molecule has 1 saturated heterocycles. The number of piperazine rings is 1. The summed E-state index contributed by atoms with van der Waals surface area (Å²) in [5.41, 5.74) is 1.46. The quantitative estimate of drug-likeness (QED) is 0.772. The molecule has 1 heterocycles. The first-order valence-corrected chi connectivity index (χ1v) is 10.1. The van der Waals surface area contributed by atoms with Crippen molar-refractivity contribution in [1.82, 2.24) is 9.80 Å². The van der Waals surface area contributed by atoms with Gasteiger partial charge >= 0.3 is 0 Å². The van der Waals surface area contributed by atoms with E-state index in [4.69, 9.17) is 0 Å². The van der Waals surface area contributed by atoms with E-state index < -0.39 is 0 Å². The number of nitrogens with zero attached hydrogens (tertiary/aromatic N) is 2. The summed E-state index contributed by atoms with van der Waals surface area (Å²) in [6, 6.07) is 9.96. The summed E-state index contributed by atoms with van der Waals surface area (Å²) in [6.45, 7) is 8.53. The van der Waals surface area contributed by atoms with E-state index >= 15 is 0 Å². The third-order valence-corrected chi connectivity index (χ3v) is 6.22. The summed E-state index contributed by atoms with van der Waals surface area (Å²) in [5.74, 6) is 0.960. The summed E-state index contributed by atoms with van der Waals surface area (Å²) >= 11 is 1.82. The molecule has 3 heteroatoms. The minimum absolute atomic E-state index is 0.874. The van der Waals surface area contributed by atoms with Gasteiger partial charge in [0.25, 0.3) is 0 Å². The van der Waals surface area contributed by atoms with Crippen LogP contribution >= 0.6 is 11.8 Å². The standard InChI is InChI=1S/C19H30N2S/c1-16-3-7-18(8-4-16)21-13-11-20(12-14-21)15-17-5-9-19(22-2)10-6-17/h5-6,9-10,16,18H,3-4,7-8,11-15H2,1-2H3. The zero-order valence-corrected chi connectivity index (χ0v) is 14.9. The molecule has 0 bridgehead atoms. The van der Waals surface area contributed by atoms with Crippen molar-refractivity contribution in [2.75, 3.05) is 32.4 Å². The van der Waals surface area contributed by atoms with Crippen molar-refractivity contribution in [3.8, 4) is 0 Å². The van der Waals surface area contributed by atoms with Gasteiger partial charge in [-0.3, -0.25) is 9.80 Å². The van der Waals surface area contributed by atoms with Crippen LogP contribution in [-0.2, 0) is 6.54 Å². The molecule has 1 aliphatic carbocycles. The Hall–Kier alpha value is -0.510. The van der Waals surface area contributed by atoms with E-state index in [1.165, 1.54) is 62.3 Å². The van der Waals surface area contributed by atoms with Crippen molar-refractivity contribution in [3.05, 3.63) is 29.8 Å². The highest BCUT2D eigenvalue weighted by Gasteiger charge is 2.26. The van der Waals surface area contributed by atoms with Crippen LogP contribution in [-0.4, -0.2) is 48.3 Å². The molecule has 1 aromatic carbocycles. The molecule has 2 fully saturated rings. The van der Waals surface area contributed by atoms with Gasteiger partial charge in [0.1, 0.15) is 0 Å². The first-order valence-electron chi connectivity index (χ1n) is 8.84. The maximum atomic E-state index is 2.76. The van der Waals surface area contributed by atoms with Gasteiger partial charge in [0.2, 0.25) is 0 Å². The molecule has 0 N–H and O–H groups in total. The summed E-state index contributed by atoms with van der Waals surface area (Å²) in [7, 11) is 0. The van der Waals surface area contributed by atoms with Gasteiger partial charge in [0.15, 0.2) is 0 Å². The molecule has 0 radical (unpaired) electrons. The molecule has 0 aromatic heterocycles. The topological polar surface area (TPSA) is 6.48 Å². The Morgan fingerprint density at radius 1 is 0.955 bits per heavy atom. The summed E-state index contributed by atoms with van der Waals surface area (Å²) in [6.07, 6.45) is 7.87. The lowest BCUT2D eigenvalue weighted by molar-refractivity contribution is 0.0689. The first kappa shape index (κ1) is 16.4. The molecule has 1 aliphatic heterocycles. The Morgan fingerprint density at radius 2 is 1.59 bits per heavy atom. The smallest absolute Gasteiger partial charge is 0.0234 e. The normalized spacial score (nSPS) is 27.9. The third-order valence-electron chi connectivity index (χ3n) is 5.47. The summed E-state index contributed by atoms with van der Waals surface area (Å²) in [4.78, 5) is 6.75. The second-order valence-corrected chi connectivity index (χ2v) is 7.95. The monoisotopic (exact) mass is 318 g/mol. The van der Waals surface area contributed by atoms with Crippen LogP contribution in [0.2, 0.25) is 0 Å². The van der Waals surface area contributed by atoms with Gasteiger partial charge < -0.3 is 0 Å². The number of rotatable bonds is 4. The lowest BCUT2D eigenvalue weighted by Gasteiger charge is -2.41. The van der Waals surface area contributed by atoms with Crippen LogP contribution in [0.1, 0.15) is 38.2 Å². The highest BCUT2D eigenvalue weighted by atomic mass is 32.2. The number of hydrogen-bond acceptors (Lipinski definition) is 3. The van der Waals surface area contributed by atoms with Crippen molar-refractivity contribution in [2.24, 2.45) is 5.92 Å². The van der Waals surface area contributed by atoms with E-state index in [9.17, 15) is 0 Å². The van der Waals surface area contributed by atoms with Gasteiger partial charge in [-0.05, 0) is 55.6 Å². The van der Waals surface area contributed by atoms with Gasteiger partial charge in [0.05, 0.1) is 0 Å². The zero-order valence-electron chi connectivity index (χ0n) is 14.1. The maximum absolute atomic E-state index is 2.76. The average molecular weight is 319 g/mol. The third kappa shape index (κ3) is 4.27. The fourth-order valence-corrected chi connectivity index (χ4v) is 4.29. The SMILES string of the molecule is CSc1ccc(CN2CCN(C3CCC(C)CC3)CC2)cc1. The van der Waals surface area contributed by atoms with Crippen LogP contribution in [0.5, 0.6) is 0 Å². The van der Waals surface area contributed by atoms with Crippen LogP contribution < -0.4 is 0 Å². The summed E-state index contributed by atoms with van der Waals surface area (Å²) in [5, 5.41) is 0. The van der Waals surface area contributed by atoms with Crippen LogP contribution in [0.4, 0.5) is 0 Å². The molecule has 1 aromatic rings. The van der Waals surface area contributed by atoms with E-state index in [0.717, 1.165) is 18.5 Å². The molecule has 0 amide bonds. The molecule has 0 atom stereocenters. The molecule has 3 rings (SSSR count). The van der Waals surface area contributed by atoms with E-state index in [2.05, 4.69) is 47.2 Å². The fourth-order valence-electron chi connectivity index (χ4n) is 3.88. The number of thioether (sulfide) groups is 1. The van der Waals surface area contributed by atoms with Crippen molar-refractivity contribution < 1.29 is 0 Å². The Kier molecular flexibility index (Phi) is 5.83. The Morgan fingerprint density at radius 3 is 2.18 bits per heavy atom. The minimum Gasteiger partial charge on any atom is -0.298 e. The van der Waals surface area contributed by atoms with Gasteiger partial charge in [-0.15, -0.1) is 11.8 Å². The highest BCUT2D eigenvalue weighted by Crippen LogP contribution is 2.27. The van der Waals surface area contributed by atoms with E-state index in [1.54, 1.807) is 0 Å². The Bertz CT molecular complexity index is 443. The van der Waals surface area contributed by atoms with E-state index in [1.807, 2.05) is 11.8 Å². The van der Waals surface area contributed by atoms with Crippen molar-refractivity contribution in [3.63, 3.8) is 0 Å². The van der Waals surface area contributed by atoms with Gasteiger partial charge in [-0.25, -0.2) is 0 Å². The predicted molar refractivity (Wildman–Crippen MR) is 96.5 cm³/mol. The second kappa shape index (κ2) is 7.85. The van der Waals surface area contributed by atoms with Gasteiger partial charge in [0, 0.05) is 43.7 Å². The minimum atomic E-state index is 0.874. The highest BCUT2D eigenvalue weighted by molar-refractivity contribution is 7.98. The largest absolute Gasteiger partial charge is 0.298 e. The van der Waals surface area contributed by atoms with Crippen molar-refractivity contribution in [2.45, 2.75) is 50.1 Å². The molecular weight excluding hydrogens is 288 g/mol. The van der Waals surface area contributed by atoms with Crippen LogP contribution in [0.25, 0.3) is 0 Å². The van der Waals surface area contributed by atoms with E-state index in [0.29, 0.717) is 0 Å². The van der Waals surface area contributed by atoms with E-state index in [-0.39, 0.29) is 0 Å². The Labute approximate surface area is 140 Å². The maximum Gasteiger partial charge on any atom is 0.0234 e. The molecular formula is C19H30N2S. The average Bonchev–Trinajstić information content (AvgIpc) is 2.57. The second-order valence-electron chi connectivity index (χ2n) is 7.07. The first-order chi connectivity index (χ1) is 10.7. The molecule has 0 spiro atoms. The van der Waals surface area contributed by atoms with Crippen LogP contribution in [0.15, 0.2) is 29.2 Å². The van der Waals surface area contributed by atoms with Gasteiger partial charge in [-0.2, -0.15) is 0 Å². The Balaban J connectivity index is 1.45. The molecule has 22 heavy (non-hydrogen) atoms. The molecule has 0 unspecified atom stereocenters. The van der Waals surface area contributed by atoms with Crippen LogP contribution in [0.3, 0.4) is 0 Å². The van der Waals surface area contributed by atoms with Gasteiger partial charge in [-0.1, -0.05) is 19.1 Å². The molecule has 2 nitrogen and oxygen atoms in total. The van der Waals surface area contributed by atoms with Crippen molar-refractivity contribution in [1.29, 1.82) is 0 Å². The predicted octanol–water partition coefficient (Wildman–Crippen LogP) is 4.10. The molecule has 122 valence electrons. The molecule has 2 aliphatic rings. The van der Waals surface area contributed by atoms with Crippen LogP contribution in [0, 0.1) is 5.92 Å². The fraction of sp³-hybridized carbons (Fsp3) is 0.684. The van der Waals surface area contributed by atoms with Crippen molar-refractivity contribution >= 4 is 11.8 Å². The number of hydrogen-bond donors (Lipinski definition) is 0. The lowest BCUT2D eigenvalue weighted by Crippen LogP contribution is -2.50. The zero-order chi connectivity index (χ0) is 15.4. The molecule has 1 saturated carbocycles.